The molecule has 1 heterocycles. The summed E-state index contributed by atoms with van der Waals surface area (Å²) in [6.07, 6.45) is 6.36. The maximum Gasteiger partial charge on any atom is 0.412 e. The predicted molar refractivity (Wildman–Crippen MR) is 160 cm³/mol. The summed E-state index contributed by atoms with van der Waals surface area (Å²) in [4.78, 5) is 55.4. The van der Waals surface area contributed by atoms with E-state index in [4.69, 9.17) is 4.74 Å². The minimum absolute atomic E-state index is 0.0175. The predicted octanol–water partition coefficient (Wildman–Crippen LogP) is 5.58. The van der Waals surface area contributed by atoms with Gasteiger partial charge in [0.15, 0.2) is 6.04 Å². The first-order valence-corrected chi connectivity index (χ1v) is 14.0. The molecule has 0 aliphatic carbocycles. The number of carbonyl (C=O) groups excluding carboxylic acids is 3. The molecule has 2 aromatic rings. The van der Waals surface area contributed by atoms with Crippen molar-refractivity contribution in [2.24, 2.45) is 10.9 Å². The zero-order valence-corrected chi connectivity index (χ0v) is 24.0. The summed E-state index contributed by atoms with van der Waals surface area (Å²) in [5.41, 5.74) is 2.11. The van der Waals surface area contributed by atoms with Crippen molar-refractivity contribution >= 4 is 30.7 Å². The standard InChI is InChI=1S/C32H38N4O6/c1-4-6-7-14-19-42-32(41)34-26(33-3)21-22(5-2)20-25-28(30(38)39)36(29(25)37)31(40)35-27(23-15-10-8-11-16-23)24-17-12-9-13-18-24/h5,8-13,15-18,21,25,27-28H,3-4,6-7,14,19-20H2,1-2H3,(H,34,41)(H,35,40)(H,38,39)/b22-5-,26-21+/t25-,28+/m1/s1. The first-order valence-electron chi connectivity index (χ1n) is 14.0. The van der Waals surface area contributed by atoms with Crippen LogP contribution in [0.25, 0.3) is 0 Å². The lowest BCUT2D eigenvalue weighted by Gasteiger charge is -2.43. The van der Waals surface area contributed by atoms with Crippen LogP contribution in [0.4, 0.5) is 9.59 Å². The minimum atomic E-state index is -1.37. The number of allylic oxidation sites excluding steroid dienone is 3. The molecular weight excluding hydrogens is 536 g/mol. The zero-order valence-electron chi connectivity index (χ0n) is 24.0. The van der Waals surface area contributed by atoms with Gasteiger partial charge in [0.2, 0.25) is 5.91 Å². The molecule has 2 atom stereocenters. The van der Waals surface area contributed by atoms with Gasteiger partial charge in [-0.3, -0.25) is 10.1 Å². The summed E-state index contributed by atoms with van der Waals surface area (Å²) in [6.45, 7) is 7.55. The van der Waals surface area contributed by atoms with Gasteiger partial charge in [0.1, 0.15) is 5.82 Å². The summed E-state index contributed by atoms with van der Waals surface area (Å²) in [7, 11) is 0. The highest BCUT2D eigenvalue weighted by atomic mass is 16.5. The number of ether oxygens (including phenoxy) is 1. The number of imide groups is 1. The SMILES string of the molecule is C=N/C(=C\C(=C/C)C[C@H]1C(=O)N(C(=O)NC(c2ccccc2)c2ccccc2)[C@@H]1C(=O)O)NC(=O)OCCCCCC. The Morgan fingerprint density at radius 3 is 2.19 bits per heavy atom. The Balaban J connectivity index is 1.69. The number of benzene rings is 2. The molecule has 1 saturated heterocycles. The number of nitrogens with zero attached hydrogens (tertiary/aromatic N) is 2. The largest absolute Gasteiger partial charge is 0.480 e. The molecular formula is C32H38N4O6. The molecule has 0 saturated carbocycles. The Kier molecular flexibility index (Phi) is 12.0. The van der Waals surface area contributed by atoms with Crippen LogP contribution >= 0.6 is 0 Å². The molecule has 0 spiro atoms. The average molecular weight is 575 g/mol. The van der Waals surface area contributed by atoms with E-state index in [9.17, 15) is 24.3 Å². The van der Waals surface area contributed by atoms with Crippen molar-refractivity contribution in [1.82, 2.24) is 15.5 Å². The molecule has 10 nitrogen and oxygen atoms in total. The van der Waals surface area contributed by atoms with Gasteiger partial charge in [-0.1, -0.05) is 92.9 Å². The number of amides is 4. The summed E-state index contributed by atoms with van der Waals surface area (Å²) < 4.78 is 5.17. The Hall–Kier alpha value is -4.73. The highest BCUT2D eigenvalue weighted by Gasteiger charge is 2.55. The van der Waals surface area contributed by atoms with E-state index in [1.165, 1.54) is 6.08 Å². The number of β-lactam (4-membered cyclic amide) rings is 1. The molecule has 4 amide bonds. The van der Waals surface area contributed by atoms with Gasteiger partial charge in [0.05, 0.1) is 18.6 Å². The molecule has 0 unspecified atom stereocenters. The second-order valence-corrected chi connectivity index (χ2v) is 9.88. The van der Waals surface area contributed by atoms with Crippen molar-refractivity contribution in [2.75, 3.05) is 6.61 Å². The third-order valence-corrected chi connectivity index (χ3v) is 7.00. The monoisotopic (exact) mass is 574 g/mol. The molecule has 1 fully saturated rings. The maximum absolute atomic E-state index is 13.3. The van der Waals surface area contributed by atoms with Gasteiger partial charge < -0.3 is 15.2 Å². The van der Waals surface area contributed by atoms with Crippen molar-refractivity contribution in [3.63, 3.8) is 0 Å². The maximum atomic E-state index is 13.3. The smallest absolute Gasteiger partial charge is 0.412 e. The fraction of sp³-hybridized carbons (Fsp3) is 0.344. The molecule has 3 N–H and O–H groups in total. The van der Waals surface area contributed by atoms with Crippen molar-refractivity contribution in [2.45, 2.75) is 58.0 Å². The van der Waals surface area contributed by atoms with Gasteiger partial charge in [-0.05, 0) is 49.3 Å². The van der Waals surface area contributed by atoms with E-state index < -0.39 is 42.0 Å². The molecule has 42 heavy (non-hydrogen) atoms. The number of urea groups is 1. The van der Waals surface area contributed by atoms with Crippen molar-refractivity contribution < 1.29 is 29.0 Å². The summed E-state index contributed by atoms with van der Waals surface area (Å²) in [6, 6.07) is 15.7. The molecule has 0 aromatic heterocycles. The summed E-state index contributed by atoms with van der Waals surface area (Å²) >= 11 is 0. The van der Waals surface area contributed by atoms with E-state index in [0.717, 1.165) is 41.7 Å². The fourth-order valence-electron chi connectivity index (χ4n) is 4.74. The normalized spacial score (nSPS) is 16.9. The first kappa shape index (κ1) is 31.8. The van der Waals surface area contributed by atoms with Crippen LogP contribution in [-0.4, -0.2) is 53.4 Å². The lowest BCUT2D eigenvalue weighted by molar-refractivity contribution is -0.165. The fourth-order valence-corrected chi connectivity index (χ4v) is 4.74. The van der Waals surface area contributed by atoms with Crippen LogP contribution in [0.15, 0.2) is 89.2 Å². The topological polar surface area (TPSA) is 137 Å². The second kappa shape index (κ2) is 15.9. The summed E-state index contributed by atoms with van der Waals surface area (Å²) in [5.74, 6) is -2.79. The quantitative estimate of drug-likeness (QED) is 0.117. The van der Waals surface area contributed by atoms with E-state index in [-0.39, 0.29) is 18.8 Å². The van der Waals surface area contributed by atoms with Crippen LogP contribution in [0.3, 0.4) is 0 Å². The molecule has 0 bridgehead atoms. The highest BCUT2D eigenvalue weighted by molar-refractivity contribution is 6.07. The van der Waals surface area contributed by atoms with Crippen LogP contribution < -0.4 is 10.6 Å². The number of hydrogen-bond acceptors (Lipinski definition) is 6. The van der Waals surface area contributed by atoms with E-state index in [0.29, 0.717) is 5.57 Å². The molecule has 3 rings (SSSR count). The number of hydrogen-bond donors (Lipinski definition) is 3. The van der Waals surface area contributed by atoms with Crippen molar-refractivity contribution in [3.8, 4) is 0 Å². The molecule has 10 heteroatoms. The number of carboxylic acids is 1. The van der Waals surface area contributed by atoms with Crippen molar-refractivity contribution in [3.05, 3.63) is 95.3 Å². The third kappa shape index (κ3) is 8.39. The van der Waals surface area contributed by atoms with Crippen LogP contribution in [0.2, 0.25) is 0 Å². The minimum Gasteiger partial charge on any atom is -0.480 e. The number of aliphatic carboxylic acids is 1. The lowest BCUT2D eigenvalue weighted by Crippen LogP contribution is -2.68. The average Bonchev–Trinajstić information content (AvgIpc) is 3.00. The van der Waals surface area contributed by atoms with Crippen LogP contribution in [0.5, 0.6) is 0 Å². The van der Waals surface area contributed by atoms with Gasteiger partial charge in [-0.2, -0.15) is 0 Å². The van der Waals surface area contributed by atoms with E-state index in [1.807, 2.05) is 60.7 Å². The van der Waals surface area contributed by atoms with Crippen LogP contribution in [0, 0.1) is 5.92 Å². The van der Waals surface area contributed by atoms with Gasteiger partial charge in [-0.15, -0.1) is 0 Å². The Morgan fingerprint density at radius 1 is 1.05 bits per heavy atom. The molecule has 1 aliphatic heterocycles. The Labute approximate surface area is 246 Å². The zero-order chi connectivity index (χ0) is 30.5. The number of carboxylic acid groups (broad SMARTS) is 1. The van der Waals surface area contributed by atoms with Gasteiger partial charge >= 0.3 is 18.1 Å². The second-order valence-electron chi connectivity index (χ2n) is 9.88. The number of carbonyl (C=O) groups is 4. The van der Waals surface area contributed by atoms with Gasteiger partial charge in [0, 0.05) is 0 Å². The molecule has 2 aromatic carbocycles. The van der Waals surface area contributed by atoms with Crippen molar-refractivity contribution in [1.29, 1.82) is 0 Å². The number of aliphatic imine (C=N–C) groups is 1. The number of rotatable bonds is 14. The highest BCUT2D eigenvalue weighted by Crippen LogP contribution is 2.34. The third-order valence-electron chi connectivity index (χ3n) is 7.00. The number of nitrogens with one attached hydrogen (secondary N) is 2. The molecule has 0 radical (unpaired) electrons. The van der Waals surface area contributed by atoms with Crippen LogP contribution in [-0.2, 0) is 14.3 Å². The first-order chi connectivity index (χ1) is 20.3. The number of likely N-dealkylation sites (tertiary alicyclic amines) is 1. The molecule has 222 valence electrons. The lowest BCUT2D eigenvalue weighted by atomic mass is 9.82. The van der Waals surface area contributed by atoms with Crippen LogP contribution in [0.1, 0.15) is 63.1 Å². The summed E-state index contributed by atoms with van der Waals surface area (Å²) in [5, 5.41) is 15.3. The van der Waals surface area contributed by atoms with E-state index in [1.54, 1.807) is 13.0 Å². The number of alkyl carbamates (subject to hydrolysis) is 1. The van der Waals surface area contributed by atoms with E-state index in [2.05, 4.69) is 29.3 Å². The number of unbranched alkanes of at least 4 members (excludes halogenated alkanes) is 3. The Bertz CT molecular complexity index is 1270. The van der Waals surface area contributed by atoms with Gasteiger partial charge in [-0.25, -0.2) is 24.3 Å². The molecule has 1 aliphatic rings. The van der Waals surface area contributed by atoms with Gasteiger partial charge in [0.25, 0.3) is 0 Å². The Morgan fingerprint density at radius 2 is 1.67 bits per heavy atom. The van der Waals surface area contributed by atoms with E-state index >= 15 is 0 Å².